The molecule has 0 aliphatic heterocycles. The molecule has 5 heteroatoms. The SMILES string of the molecule is COC(=O)c1nc(C)cc(-c2cccs2)n1. The van der Waals surface area contributed by atoms with Crippen LogP contribution in [-0.4, -0.2) is 23.0 Å². The fraction of sp³-hybridized carbons (Fsp3) is 0.182. The van der Waals surface area contributed by atoms with Crippen LogP contribution in [0.5, 0.6) is 0 Å². The Labute approximate surface area is 96.9 Å². The first-order valence-corrected chi connectivity index (χ1v) is 5.56. The molecule has 0 fully saturated rings. The minimum atomic E-state index is -0.512. The van der Waals surface area contributed by atoms with Gasteiger partial charge in [0.2, 0.25) is 5.82 Å². The van der Waals surface area contributed by atoms with Gasteiger partial charge >= 0.3 is 5.97 Å². The van der Waals surface area contributed by atoms with Gasteiger partial charge in [0, 0.05) is 5.69 Å². The van der Waals surface area contributed by atoms with Gasteiger partial charge in [0.05, 0.1) is 17.7 Å². The molecule has 0 N–H and O–H groups in total. The Balaban J connectivity index is 2.48. The van der Waals surface area contributed by atoms with Crippen LogP contribution in [0.1, 0.15) is 16.3 Å². The highest BCUT2D eigenvalue weighted by Gasteiger charge is 2.12. The average molecular weight is 234 g/mol. The number of aryl methyl sites for hydroxylation is 1. The van der Waals surface area contributed by atoms with E-state index in [1.807, 2.05) is 30.5 Å². The summed E-state index contributed by atoms with van der Waals surface area (Å²) in [5, 5.41) is 1.96. The molecule has 16 heavy (non-hydrogen) atoms. The third kappa shape index (κ3) is 2.09. The molecule has 82 valence electrons. The molecule has 0 aliphatic carbocycles. The van der Waals surface area contributed by atoms with Crippen molar-refractivity contribution in [2.24, 2.45) is 0 Å². The minimum Gasteiger partial charge on any atom is -0.463 e. The maximum absolute atomic E-state index is 11.3. The van der Waals surface area contributed by atoms with Gasteiger partial charge in [0.1, 0.15) is 0 Å². The lowest BCUT2D eigenvalue weighted by molar-refractivity contribution is 0.0586. The van der Waals surface area contributed by atoms with E-state index < -0.39 is 5.97 Å². The summed E-state index contributed by atoms with van der Waals surface area (Å²) in [6.07, 6.45) is 0. The van der Waals surface area contributed by atoms with Crippen molar-refractivity contribution in [2.75, 3.05) is 7.11 Å². The van der Waals surface area contributed by atoms with Gasteiger partial charge in [-0.25, -0.2) is 14.8 Å². The van der Waals surface area contributed by atoms with Gasteiger partial charge in [-0.3, -0.25) is 0 Å². The fourth-order valence-corrected chi connectivity index (χ4v) is 1.99. The lowest BCUT2D eigenvalue weighted by Gasteiger charge is -2.02. The molecule has 0 spiro atoms. The van der Waals surface area contributed by atoms with Crippen molar-refractivity contribution < 1.29 is 9.53 Å². The third-order valence-electron chi connectivity index (χ3n) is 2.00. The van der Waals surface area contributed by atoms with Crippen molar-refractivity contribution >= 4 is 17.3 Å². The van der Waals surface area contributed by atoms with E-state index >= 15 is 0 Å². The highest BCUT2D eigenvalue weighted by Crippen LogP contribution is 2.23. The first kappa shape index (κ1) is 10.8. The molecule has 2 heterocycles. The number of ether oxygens (including phenoxy) is 1. The predicted molar refractivity (Wildman–Crippen MR) is 61.4 cm³/mol. The van der Waals surface area contributed by atoms with Crippen molar-refractivity contribution in [3.63, 3.8) is 0 Å². The summed E-state index contributed by atoms with van der Waals surface area (Å²) >= 11 is 1.57. The Hall–Kier alpha value is -1.75. The zero-order valence-corrected chi connectivity index (χ0v) is 9.75. The molecule has 0 aromatic carbocycles. The van der Waals surface area contributed by atoms with E-state index in [4.69, 9.17) is 0 Å². The fourth-order valence-electron chi connectivity index (χ4n) is 1.30. The number of hydrogen-bond acceptors (Lipinski definition) is 5. The van der Waals surface area contributed by atoms with E-state index in [0.717, 1.165) is 16.3 Å². The summed E-state index contributed by atoms with van der Waals surface area (Å²) in [6.45, 7) is 1.82. The smallest absolute Gasteiger partial charge is 0.376 e. The average Bonchev–Trinajstić information content (AvgIpc) is 2.80. The molecule has 0 saturated heterocycles. The van der Waals surface area contributed by atoms with Crippen molar-refractivity contribution in [3.8, 4) is 10.6 Å². The van der Waals surface area contributed by atoms with Crippen molar-refractivity contribution in [3.05, 3.63) is 35.1 Å². The third-order valence-corrected chi connectivity index (χ3v) is 2.89. The molecule has 0 saturated carbocycles. The van der Waals surface area contributed by atoms with Crippen LogP contribution in [0.15, 0.2) is 23.6 Å². The second-order valence-corrected chi connectivity index (χ2v) is 4.13. The topological polar surface area (TPSA) is 52.1 Å². The summed E-state index contributed by atoms with van der Waals surface area (Å²) in [5.41, 5.74) is 1.50. The van der Waals surface area contributed by atoms with Gasteiger partial charge in [-0.05, 0) is 24.4 Å². The summed E-state index contributed by atoms with van der Waals surface area (Å²) < 4.78 is 4.60. The van der Waals surface area contributed by atoms with E-state index in [0.29, 0.717) is 0 Å². The lowest BCUT2D eigenvalue weighted by Crippen LogP contribution is -2.08. The van der Waals surface area contributed by atoms with E-state index in [1.165, 1.54) is 7.11 Å². The molecule has 2 aromatic rings. The van der Waals surface area contributed by atoms with Crippen molar-refractivity contribution in [1.29, 1.82) is 0 Å². The zero-order valence-electron chi connectivity index (χ0n) is 8.93. The van der Waals surface area contributed by atoms with Gasteiger partial charge in [-0.2, -0.15) is 0 Å². The van der Waals surface area contributed by atoms with Gasteiger partial charge in [0.15, 0.2) is 0 Å². The van der Waals surface area contributed by atoms with E-state index in [1.54, 1.807) is 11.3 Å². The largest absolute Gasteiger partial charge is 0.463 e. The van der Waals surface area contributed by atoms with Crippen LogP contribution in [-0.2, 0) is 4.74 Å². The van der Waals surface area contributed by atoms with E-state index in [9.17, 15) is 4.79 Å². The molecular weight excluding hydrogens is 224 g/mol. The van der Waals surface area contributed by atoms with Crippen LogP contribution in [0.3, 0.4) is 0 Å². The second-order valence-electron chi connectivity index (χ2n) is 3.19. The summed E-state index contributed by atoms with van der Waals surface area (Å²) in [6, 6.07) is 5.74. The first-order chi connectivity index (χ1) is 7.70. The maximum atomic E-state index is 11.3. The quantitative estimate of drug-likeness (QED) is 0.748. The normalized spacial score (nSPS) is 10.1. The standard InChI is InChI=1S/C11H10N2O2S/c1-7-6-8(9-4-3-5-16-9)13-10(12-7)11(14)15-2/h3-6H,1-2H3. The molecule has 0 radical (unpaired) electrons. The lowest BCUT2D eigenvalue weighted by atomic mass is 10.3. The van der Waals surface area contributed by atoms with Crippen molar-refractivity contribution in [1.82, 2.24) is 9.97 Å². The first-order valence-electron chi connectivity index (χ1n) is 4.68. The van der Waals surface area contributed by atoms with Crippen LogP contribution in [0, 0.1) is 6.92 Å². The Morgan fingerprint density at radius 2 is 2.25 bits per heavy atom. The van der Waals surface area contributed by atoms with E-state index in [-0.39, 0.29) is 5.82 Å². The number of hydrogen-bond donors (Lipinski definition) is 0. The van der Waals surface area contributed by atoms with Crippen LogP contribution < -0.4 is 0 Å². The van der Waals surface area contributed by atoms with Crippen molar-refractivity contribution in [2.45, 2.75) is 6.92 Å². The number of methoxy groups -OCH3 is 1. The Morgan fingerprint density at radius 3 is 2.88 bits per heavy atom. The number of nitrogens with zero attached hydrogens (tertiary/aromatic N) is 2. The molecule has 0 aliphatic rings. The molecule has 4 nitrogen and oxygen atoms in total. The van der Waals surface area contributed by atoms with Gasteiger partial charge in [-0.15, -0.1) is 11.3 Å². The Bertz CT molecular complexity index is 509. The molecule has 0 amide bonds. The molecule has 2 aromatic heterocycles. The zero-order chi connectivity index (χ0) is 11.5. The maximum Gasteiger partial charge on any atom is 0.376 e. The molecular formula is C11H10N2O2S. The van der Waals surface area contributed by atoms with E-state index in [2.05, 4.69) is 14.7 Å². The van der Waals surface area contributed by atoms with Crippen LogP contribution in [0.2, 0.25) is 0 Å². The molecule has 0 bridgehead atoms. The highest BCUT2D eigenvalue weighted by atomic mass is 32.1. The monoisotopic (exact) mass is 234 g/mol. The van der Waals surface area contributed by atoms with Gasteiger partial charge in [-0.1, -0.05) is 6.07 Å². The highest BCUT2D eigenvalue weighted by molar-refractivity contribution is 7.13. The molecule has 2 rings (SSSR count). The minimum absolute atomic E-state index is 0.103. The second kappa shape index (κ2) is 4.40. The number of thiophene rings is 1. The summed E-state index contributed by atoms with van der Waals surface area (Å²) in [4.78, 5) is 20.6. The molecule has 0 unspecified atom stereocenters. The Morgan fingerprint density at radius 1 is 1.44 bits per heavy atom. The number of carbonyl (C=O) groups is 1. The van der Waals surface area contributed by atoms with Gasteiger partial charge < -0.3 is 4.74 Å². The van der Waals surface area contributed by atoms with Gasteiger partial charge in [0.25, 0.3) is 0 Å². The number of rotatable bonds is 2. The summed E-state index contributed by atoms with van der Waals surface area (Å²) in [7, 11) is 1.32. The Kier molecular flexibility index (Phi) is 2.96. The summed E-state index contributed by atoms with van der Waals surface area (Å²) in [5.74, 6) is -0.410. The number of esters is 1. The van der Waals surface area contributed by atoms with Crippen LogP contribution in [0.4, 0.5) is 0 Å². The van der Waals surface area contributed by atoms with Crippen LogP contribution >= 0.6 is 11.3 Å². The predicted octanol–water partition coefficient (Wildman–Crippen LogP) is 2.30. The number of carbonyl (C=O) groups excluding carboxylic acids is 1. The molecule has 0 atom stereocenters. The van der Waals surface area contributed by atoms with Crippen LogP contribution in [0.25, 0.3) is 10.6 Å². The number of aromatic nitrogens is 2.